The molecule has 2 N–H and O–H groups in total. The van der Waals surface area contributed by atoms with Gasteiger partial charge in [-0.3, -0.25) is 5.32 Å². The Balaban J connectivity index is 2.13. The molecule has 2 amide bonds. The maximum absolute atomic E-state index is 11.9. The number of nitrogens with zero attached hydrogens (tertiary/aromatic N) is 3. The van der Waals surface area contributed by atoms with E-state index in [1.165, 1.54) is 16.2 Å². The summed E-state index contributed by atoms with van der Waals surface area (Å²) in [7, 11) is 1.61. The highest BCUT2D eigenvalue weighted by Crippen LogP contribution is 2.34. The number of aliphatic hydroxyl groups is 1. The average Bonchev–Trinajstić information content (AvgIpc) is 2.97. The average molecular weight is 320 g/mol. The normalized spacial score (nSPS) is 11.3. The minimum Gasteiger partial charge on any atom is -0.395 e. The Labute approximate surface area is 133 Å². The van der Waals surface area contributed by atoms with Crippen molar-refractivity contribution in [2.75, 3.05) is 25.5 Å². The molecule has 0 unspecified atom stereocenters. The molecule has 0 fully saturated rings. The highest BCUT2D eigenvalue weighted by molar-refractivity contribution is 7.15. The maximum atomic E-state index is 11.9. The second-order valence-electron chi connectivity index (χ2n) is 5.48. The standard InChI is InChI=1S/C15H20N4O2S/c1-15(2,11-7-5-4-6-8-11)12-17-18-13(22-12)16-14(21)19(3)9-10-20/h4-8,20H,9-10H2,1-3H3,(H,16,18,21). The van der Waals surface area contributed by atoms with Crippen LogP contribution in [0.25, 0.3) is 0 Å². The second-order valence-corrected chi connectivity index (χ2v) is 6.46. The molecule has 0 saturated carbocycles. The van der Waals surface area contributed by atoms with Crippen LogP contribution in [0.15, 0.2) is 30.3 Å². The quantitative estimate of drug-likeness (QED) is 0.886. The Kier molecular flexibility index (Phi) is 5.10. The van der Waals surface area contributed by atoms with Gasteiger partial charge >= 0.3 is 6.03 Å². The Hall–Kier alpha value is -1.99. The molecule has 1 heterocycles. The number of aliphatic hydroxyl groups excluding tert-OH is 1. The summed E-state index contributed by atoms with van der Waals surface area (Å²) in [6.07, 6.45) is 0. The Morgan fingerprint density at radius 3 is 2.64 bits per heavy atom. The molecule has 1 aromatic carbocycles. The fourth-order valence-corrected chi connectivity index (χ4v) is 2.80. The number of urea groups is 1. The summed E-state index contributed by atoms with van der Waals surface area (Å²) in [6.45, 7) is 4.35. The molecule has 118 valence electrons. The molecule has 0 saturated heterocycles. The molecule has 0 aliphatic rings. The van der Waals surface area contributed by atoms with Gasteiger partial charge in [0.05, 0.1) is 6.61 Å². The lowest BCUT2D eigenvalue weighted by molar-refractivity contribution is 0.202. The van der Waals surface area contributed by atoms with Gasteiger partial charge in [-0.05, 0) is 19.4 Å². The Morgan fingerprint density at radius 1 is 1.32 bits per heavy atom. The number of rotatable bonds is 5. The monoisotopic (exact) mass is 320 g/mol. The zero-order valence-electron chi connectivity index (χ0n) is 12.9. The zero-order valence-corrected chi connectivity index (χ0v) is 13.7. The largest absolute Gasteiger partial charge is 0.395 e. The van der Waals surface area contributed by atoms with Crippen LogP contribution in [-0.4, -0.2) is 46.4 Å². The lowest BCUT2D eigenvalue weighted by Gasteiger charge is -2.21. The van der Waals surface area contributed by atoms with Crippen LogP contribution in [0.4, 0.5) is 9.93 Å². The third-order valence-corrected chi connectivity index (χ3v) is 4.61. The fraction of sp³-hybridized carbons (Fsp3) is 0.400. The molecule has 7 heteroatoms. The van der Waals surface area contributed by atoms with E-state index in [4.69, 9.17) is 5.11 Å². The first-order chi connectivity index (χ1) is 10.4. The molecule has 0 atom stereocenters. The van der Waals surface area contributed by atoms with Gasteiger partial charge in [0.2, 0.25) is 5.13 Å². The van der Waals surface area contributed by atoms with Crippen LogP contribution in [0, 0.1) is 0 Å². The minimum absolute atomic E-state index is 0.0771. The van der Waals surface area contributed by atoms with Crippen molar-refractivity contribution in [1.29, 1.82) is 0 Å². The van der Waals surface area contributed by atoms with Gasteiger partial charge in [-0.15, -0.1) is 10.2 Å². The number of hydrogen-bond acceptors (Lipinski definition) is 5. The maximum Gasteiger partial charge on any atom is 0.323 e. The zero-order chi connectivity index (χ0) is 16.2. The summed E-state index contributed by atoms with van der Waals surface area (Å²) in [4.78, 5) is 13.3. The Bertz CT molecular complexity index is 627. The number of carbonyl (C=O) groups excluding carboxylic acids is 1. The molecular weight excluding hydrogens is 300 g/mol. The van der Waals surface area contributed by atoms with E-state index in [9.17, 15) is 4.79 Å². The van der Waals surface area contributed by atoms with Crippen LogP contribution in [0.3, 0.4) is 0 Å². The van der Waals surface area contributed by atoms with Crippen molar-refractivity contribution in [2.24, 2.45) is 0 Å². The van der Waals surface area contributed by atoms with Gasteiger partial charge < -0.3 is 10.0 Å². The topological polar surface area (TPSA) is 78.4 Å². The van der Waals surface area contributed by atoms with Crippen molar-refractivity contribution in [3.8, 4) is 0 Å². The summed E-state index contributed by atoms with van der Waals surface area (Å²) in [6, 6.07) is 9.75. The third kappa shape index (κ3) is 3.61. The smallest absolute Gasteiger partial charge is 0.323 e. The Morgan fingerprint density at radius 2 is 2.00 bits per heavy atom. The molecule has 0 aliphatic heterocycles. The lowest BCUT2D eigenvalue weighted by atomic mass is 9.85. The van der Waals surface area contributed by atoms with E-state index in [0.29, 0.717) is 5.13 Å². The molecule has 22 heavy (non-hydrogen) atoms. The lowest BCUT2D eigenvalue weighted by Crippen LogP contribution is -2.33. The third-order valence-electron chi connectivity index (χ3n) is 3.45. The summed E-state index contributed by atoms with van der Waals surface area (Å²) >= 11 is 1.36. The van der Waals surface area contributed by atoms with Gasteiger partial charge in [-0.1, -0.05) is 41.7 Å². The number of hydrogen-bond donors (Lipinski definition) is 2. The van der Waals surface area contributed by atoms with Crippen molar-refractivity contribution < 1.29 is 9.90 Å². The van der Waals surface area contributed by atoms with E-state index in [-0.39, 0.29) is 24.6 Å². The van der Waals surface area contributed by atoms with Gasteiger partial charge in [0.15, 0.2) is 0 Å². The van der Waals surface area contributed by atoms with Crippen LogP contribution in [-0.2, 0) is 5.41 Å². The molecule has 0 radical (unpaired) electrons. The van der Waals surface area contributed by atoms with Crippen molar-refractivity contribution >= 4 is 22.5 Å². The summed E-state index contributed by atoms with van der Waals surface area (Å²) in [5.41, 5.74) is 0.861. The van der Waals surface area contributed by atoms with E-state index >= 15 is 0 Å². The van der Waals surface area contributed by atoms with Crippen LogP contribution in [0.5, 0.6) is 0 Å². The number of benzene rings is 1. The van der Waals surface area contributed by atoms with Crippen molar-refractivity contribution in [3.63, 3.8) is 0 Å². The van der Waals surface area contributed by atoms with Gasteiger partial charge in [0, 0.05) is 19.0 Å². The van der Waals surface area contributed by atoms with Crippen LogP contribution < -0.4 is 5.32 Å². The highest BCUT2D eigenvalue weighted by atomic mass is 32.1. The number of aromatic nitrogens is 2. The summed E-state index contributed by atoms with van der Waals surface area (Å²) < 4.78 is 0. The highest BCUT2D eigenvalue weighted by Gasteiger charge is 2.27. The van der Waals surface area contributed by atoms with E-state index in [0.717, 1.165) is 10.6 Å². The predicted molar refractivity (Wildman–Crippen MR) is 87.2 cm³/mol. The first-order valence-electron chi connectivity index (χ1n) is 6.97. The van der Waals surface area contributed by atoms with Gasteiger partial charge in [0.25, 0.3) is 0 Å². The van der Waals surface area contributed by atoms with Crippen molar-refractivity contribution in [2.45, 2.75) is 19.3 Å². The minimum atomic E-state index is -0.311. The summed E-state index contributed by atoms with van der Waals surface area (Å²) in [5.74, 6) is 0. The first kappa shape index (κ1) is 16.4. The van der Waals surface area contributed by atoms with Gasteiger partial charge in [-0.2, -0.15) is 0 Å². The van der Waals surface area contributed by atoms with E-state index in [1.807, 2.05) is 18.2 Å². The molecular formula is C15H20N4O2S. The molecule has 0 spiro atoms. The van der Waals surface area contributed by atoms with Crippen LogP contribution in [0.2, 0.25) is 0 Å². The second kappa shape index (κ2) is 6.85. The molecule has 2 rings (SSSR count). The molecule has 2 aromatic rings. The van der Waals surface area contributed by atoms with Crippen LogP contribution >= 0.6 is 11.3 Å². The van der Waals surface area contributed by atoms with Gasteiger partial charge in [-0.25, -0.2) is 4.79 Å². The van der Waals surface area contributed by atoms with E-state index in [1.54, 1.807) is 7.05 Å². The molecule has 0 aliphatic carbocycles. The number of carbonyl (C=O) groups is 1. The van der Waals surface area contributed by atoms with Crippen molar-refractivity contribution in [1.82, 2.24) is 15.1 Å². The number of anilines is 1. The molecule has 6 nitrogen and oxygen atoms in total. The number of amides is 2. The van der Waals surface area contributed by atoms with Crippen molar-refractivity contribution in [3.05, 3.63) is 40.9 Å². The molecule has 0 bridgehead atoms. The van der Waals surface area contributed by atoms with Gasteiger partial charge in [0.1, 0.15) is 5.01 Å². The number of nitrogens with one attached hydrogen (secondary N) is 1. The van der Waals surface area contributed by atoms with E-state index in [2.05, 4.69) is 41.5 Å². The fourth-order valence-electron chi connectivity index (χ4n) is 1.94. The number of likely N-dealkylation sites (N-methyl/N-ethyl adjacent to an activating group) is 1. The van der Waals surface area contributed by atoms with Crippen LogP contribution in [0.1, 0.15) is 24.4 Å². The SMILES string of the molecule is CN(CCO)C(=O)Nc1nnc(C(C)(C)c2ccccc2)s1. The van der Waals surface area contributed by atoms with E-state index < -0.39 is 0 Å². The first-order valence-corrected chi connectivity index (χ1v) is 7.79. The summed E-state index contributed by atoms with van der Waals surface area (Å²) in [5, 5.41) is 21.1. The molecule has 1 aromatic heterocycles. The predicted octanol–water partition coefficient (Wildman–Crippen LogP) is 2.32.